The number of rotatable bonds is 8. The molecule has 0 spiro atoms. The van der Waals surface area contributed by atoms with Crippen LogP contribution in [0.4, 0.5) is 28.4 Å². The first-order chi connectivity index (χ1) is 16.2. The molecule has 33 heavy (non-hydrogen) atoms. The third kappa shape index (κ3) is 6.56. The van der Waals surface area contributed by atoms with Crippen LogP contribution in [0.2, 0.25) is 0 Å². The second-order valence-electron chi connectivity index (χ2n) is 8.26. The van der Waals surface area contributed by atoms with Gasteiger partial charge in [-0.2, -0.15) is 20.5 Å². The van der Waals surface area contributed by atoms with Gasteiger partial charge in [-0.3, -0.25) is 0 Å². The molecule has 1 aliphatic heterocycles. The summed E-state index contributed by atoms with van der Waals surface area (Å²) in [6.45, 7) is 7.63. The molecule has 0 unspecified atom stereocenters. The Hall–Kier alpha value is -3.38. The van der Waals surface area contributed by atoms with Gasteiger partial charge in [0.1, 0.15) is 0 Å². The van der Waals surface area contributed by atoms with E-state index in [0.29, 0.717) is 0 Å². The van der Waals surface area contributed by atoms with Crippen LogP contribution in [0, 0.1) is 6.92 Å². The molecule has 0 saturated carbocycles. The van der Waals surface area contributed by atoms with E-state index < -0.39 is 0 Å². The Kier molecular flexibility index (Phi) is 7.93. The molecular formula is C27H31N5O. The van der Waals surface area contributed by atoms with E-state index in [9.17, 15) is 0 Å². The second-order valence-corrected chi connectivity index (χ2v) is 8.26. The average Bonchev–Trinajstić information content (AvgIpc) is 2.87. The van der Waals surface area contributed by atoms with Crippen LogP contribution in [0.5, 0.6) is 0 Å². The van der Waals surface area contributed by atoms with Crippen molar-refractivity contribution in [2.24, 2.45) is 20.5 Å². The monoisotopic (exact) mass is 441 g/mol. The van der Waals surface area contributed by atoms with Crippen LogP contribution < -0.4 is 4.90 Å². The number of azo groups is 2. The van der Waals surface area contributed by atoms with Crippen molar-refractivity contribution in [2.45, 2.75) is 33.1 Å². The van der Waals surface area contributed by atoms with Crippen molar-refractivity contribution in [3.63, 3.8) is 0 Å². The predicted molar refractivity (Wildman–Crippen MR) is 134 cm³/mol. The molecule has 6 nitrogen and oxygen atoms in total. The molecule has 6 heteroatoms. The van der Waals surface area contributed by atoms with E-state index in [0.717, 1.165) is 61.0 Å². The molecule has 0 aromatic heterocycles. The fourth-order valence-corrected chi connectivity index (χ4v) is 3.70. The maximum atomic E-state index is 5.42. The minimum atomic E-state index is 0.779. The third-order valence-electron chi connectivity index (χ3n) is 5.72. The van der Waals surface area contributed by atoms with Crippen molar-refractivity contribution in [3.8, 4) is 0 Å². The van der Waals surface area contributed by atoms with Gasteiger partial charge in [-0.25, -0.2) is 0 Å². The zero-order valence-electron chi connectivity index (χ0n) is 19.4. The summed E-state index contributed by atoms with van der Waals surface area (Å²) in [6.07, 6.45) is 3.53. The lowest BCUT2D eigenvalue weighted by Crippen LogP contribution is -2.36. The molecule has 4 rings (SSSR count). The summed E-state index contributed by atoms with van der Waals surface area (Å²) in [5.41, 5.74) is 6.87. The smallest absolute Gasteiger partial charge is 0.0887 e. The maximum Gasteiger partial charge on any atom is 0.0887 e. The van der Waals surface area contributed by atoms with Crippen LogP contribution >= 0.6 is 0 Å². The molecule has 0 atom stereocenters. The van der Waals surface area contributed by atoms with Gasteiger partial charge in [-0.15, -0.1) is 0 Å². The number of unbranched alkanes of at least 4 members (excludes halogenated alkanes) is 1. The summed E-state index contributed by atoms with van der Waals surface area (Å²) in [5, 5.41) is 17.6. The van der Waals surface area contributed by atoms with E-state index in [2.05, 4.69) is 56.5 Å². The number of aryl methyl sites for hydroxylation is 2. The molecule has 170 valence electrons. The minimum absolute atomic E-state index is 0.779. The van der Waals surface area contributed by atoms with E-state index in [1.807, 2.05) is 49.4 Å². The van der Waals surface area contributed by atoms with E-state index in [1.165, 1.54) is 24.1 Å². The fraction of sp³-hybridized carbons (Fsp3) is 0.333. The zero-order valence-corrected chi connectivity index (χ0v) is 19.4. The highest BCUT2D eigenvalue weighted by Gasteiger charge is 2.10. The lowest BCUT2D eigenvalue weighted by Gasteiger charge is -2.28. The molecule has 3 aromatic carbocycles. The fourth-order valence-electron chi connectivity index (χ4n) is 3.70. The molecule has 0 amide bonds. The molecule has 3 aromatic rings. The molecule has 0 bridgehead atoms. The van der Waals surface area contributed by atoms with E-state index in [-0.39, 0.29) is 0 Å². The van der Waals surface area contributed by atoms with Gasteiger partial charge in [0, 0.05) is 18.8 Å². The number of nitrogens with zero attached hydrogens (tertiary/aromatic N) is 5. The van der Waals surface area contributed by atoms with Crippen LogP contribution in [-0.4, -0.2) is 26.3 Å². The molecule has 1 fully saturated rings. The van der Waals surface area contributed by atoms with Crippen molar-refractivity contribution < 1.29 is 4.74 Å². The number of anilines is 1. The summed E-state index contributed by atoms with van der Waals surface area (Å²) < 4.78 is 5.42. The quantitative estimate of drug-likeness (QED) is 0.332. The second kappa shape index (κ2) is 11.5. The van der Waals surface area contributed by atoms with Gasteiger partial charge in [0.25, 0.3) is 0 Å². The standard InChI is InChI=1S/C27H31N5O/c1-3-4-5-22-6-8-23(9-7-22)29-31-27-15-12-25(20-21(27)2)30-28-24-10-13-26(14-11-24)32-16-18-33-19-17-32/h6-15,20H,3-5,16-19H2,1-2H3/b30-28+,31-29+. The summed E-state index contributed by atoms with van der Waals surface area (Å²) in [5.74, 6) is 0. The Bertz CT molecular complexity index is 1080. The Balaban J connectivity index is 1.37. The lowest BCUT2D eigenvalue weighted by atomic mass is 10.1. The Labute approximate surface area is 196 Å². The normalized spacial score (nSPS) is 14.4. The van der Waals surface area contributed by atoms with Crippen LogP contribution in [-0.2, 0) is 11.2 Å². The molecule has 1 saturated heterocycles. The number of ether oxygens (including phenoxy) is 1. The van der Waals surface area contributed by atoms with Crippen molar-refractivity contribution in [1.82, 2.24) is 0 Å². The zero-order chi connectivity index (χ0) is 22.9. The Morgan fingerprint density at radius 3 is 2.03 bits per heavy atom. The SMILES string of the molecule is CCCCc1ccc(/N=N/c2ccc(/N=N/c3ccc(N4CCOCC4)cc3)cc2C)cc1. The maximum absolute atomic E-state index is 5.42. The summed E-state index contributed by atoms with van der Waals surface area (Å²) in [6, 6.07) is 22.3. The summed E-state index contributed by atoms with van der Waals surface area (Å²) in [4.78, 5) is 2.32. The van der Waals surface area contributed by atoms with Crippen molar-refractivity contribution in [3.05, 3.63) is 77.9 Å². The Morgan fingerprint density at radius 2 is 1.36 bits per heavy atom. The van der Waals surface area contributed by atoms with Gasteiger partial charge in [-0.1, -0.05) is 25.5 Å². The largest absolute Gasteiger partial charge is 0.378 e. The highest BCUT2D eigenvalue weighted by atomic mass is 16.5. The van der Waals surface area contributed by atoms with Gasteiger partial charge in [-0.05, 0) is 85.5 Å². The van der Waals surface area contributed by atoms with E-state index >= 15 is 0 Å². The molecule has 0 aliphatic carbocycles. The van der Waals surface area contributed by atoms with E-state index in [4.69, 9.17) is 4.74 Å². The number of benzene rings is 3. The first-order valence-corrected chi connectivity index (χ1v) is 11.7. The van der Waals surface area contributed by atoms with Gasteiger partial charge in [0.05, 0.1) is 36.0 Å². The molecular weight excluding hydrogens is 410 g/mol. The highest BCUT2D eigenvalue weighted by molar-refractivity contribution is 5.55. The van der Waals surface area contributed by atoms with Crippen molar-refractivity contribution in [1.29, 1.82) is 0 Å². The van der Waals surface area contributed by atoms with Crippen LogP contribution in [0.25, 0.3) is 0 Å². The van der Waals surface area contributed by atoms with Gasteiger partial charge in [0.2, 0.25) is 0 Å². The van der Waals surface area contributed by atoms with Crippen LogP contribution in [0.1, 0.15) is 30.9 Å². The van der Waals surface area contributed by atoms with Crippen molar-refractivity contribution in [2.75, 3.05) is 31.2 Å². The van der Waals surface area contributed by atoms with Gasteiger partial charge >= 0.3 is 0 Å². The van der Waals surface area contributed by atoms with Crippen LogP contribution in [0.3, 0.4) is 0 Å². The topological polar surface area (TPSA) is 61.9 Å². The number of hydrogen-bond donors (Lipinski definition) is 0. The minimum Gasteiger partial charge on any atom is -0.378 e. The summed E-state index contributed by atoms with van der Waals surface area (Å²) in [7, 11) is 0. The first kappa shape index (κ1) is 22.8. The first-order valence-electron chi connectivity index (χ1n) is 11.7. The Morgan fingerprint density at radius 1 is 0.758 bits per heavy atom. The van der Waals surface area contributed by atoms with Crippen molar-refractivity contribution >= 4 is 28.4 Å². The summed E-state index contributed by atoms with van der Waals surface area (Å²) >= 11 is 0. The molecule has 0 radical (unpaired) electrons. The van der Waals surface area contributed by atoms with E-state index in [1.54, 1.807) is 0 Å². The lowest BCUT2D eigenvalue weighted by molar-refractivity contribution is 0.122. The molecule has 1 aliphatic rings. The number of hydrogen-bond acceptors (Lipinski definition) is 6. The third-order valence-corrected chi connectivity index (χ3v) is 5.72. The molecule has 0 N–H and O–H groups in total. The molecule has 1 heterocycles. The highest BCUT2D eigenvalue weighted by Crippen LogP contribution is 2.28. The average molecular weight is 442 g/mol. The van der Waals surface area contributed by atoms with Gasteiger partial charge < -0.3 is 9.64 Å². The van der Waals surface area contributed by atoms with Gasteiger partial charge in [0.15, 0.2) is 0 Å². The number of morpholine rings is 1. The van der Waals surface area contributed by atoms with Crippen LogP contribution in [0.15, 0.2) is 87.2 Å². The predicted octanol–water partition coefficient (Wildman–Crippen LogP) is 8.01.